The second-order valence-electron chi connectivity index (χ2n) is 8.87. The number of benzene rings is 1. The summed E-state index contributed by atoms with van der Waals surface area (Å²) in [5.74, 6) is 0. The molecule has 3 aromatic rings. The molecule has 1 saturated heterocycles. The number of aromatic nitrogens is 4. The summed E-state index contributed by atoms with van der Waals surface area (Å²) in [6, 6.07) is 3.21. The van der Waals surface area contributed by atoms with Crippen LogP contribution in [-0.2, 0) is 14.8 Å². The van der Waals surface area contributed by atoms with Gasteiger partial charge < -0.3 is 15.0 Å². The summed E-state index contributed by atoms with van der Waals surface area (Å²) < 4.78 is 62.3. The summed E-state index contributed by atoms with van der Waals surface area (Å²) in [5.41, 5.74) is 1.22. The van der Waals surface area contributed by atoms with Gasteiger partial charge in [0.05, 0.1) is 22.7 Å². The van der Waals surface area contributed by atoms with Crippen LogP contribution in [0.15, 0.2) is 23.4 Å². The number of piperazine rings is 1. The number of rotatable bonds is 8. The molecule has 2 aromatic heterocycles. The summed E-state index contributed by atoms with van der Waals surface area (Å²) in [6.45, 7) is 4.31. The largest absolute Gasteiger partial charge is 0.383 e. The highest BCUT2D eigenvalue weighted by Gasteiger charge is 2.41. The Hall–Kier alpha value is -2.26. The van der Waals surface area contributed by atoms with E-state index in [2.05, 4.69) is 30.1 Å². The van der Waals surface area contributed by atoms with E-state index >= 15 is 0 Å². The molecule has 0 amide bonds. The number of ether oxygens (including phenoxy) is 1. The molecular weight excluding hydrogens is 488 g/mol. The van der Waals surface area contributed by atoms with Gasteiger partial charge in [-0.15, -0.1) is 10.2 Å². The third kappa shape index (κ3) is 4.52. The maximum Gasteiger partial charge on any atom is 0.291 e. The zero-order valence-corrected chi connectivity index (χ0v) is 20.3. The molecule has 2 N–H and O–H groups in total. The average molecular weight is 514 g/mol. The highest BCUT2D eigenvalue weighted by Crippen LogP contribution is 2.38. The van der Waals surface area contributed by atoms with E-state index in [4.69, 9.17) is 4.74 Å². The van der Waals surface area contributed by atoms with Gasteiger partial charge in [0.1, 0.15) is 11.8 Å². The quantitative estimate of drug-likeness (QED) is 0.471. The predicted octanol–water partition coefficient (Wildman–Crippen LogP) is 2.07. The van der Waals surface area contributed by atoms with Crippen LogP contribution in [-0.4, -0.2) is 73.1 Å². The Morgan fingerprint density at radius 1 is 1.35 bits per heavy atom. The Labute approximate surface area is 199 Å². The molecule has 34 heavy (non-hydrogen) atoms. The molecule has 0 spiro atoms. The van der Waals surface area contributed by atoms with Gasteiger partial charge in [0, 0.05) is 38.3 Å². The number of nitrogens with zero attached hydrogens (tertiary/aromatic N) is 5. The first kappa shape index (κ1) is 23.5. The topological polar surface area (TPSA) is 114 Å². The van der Waals surface area contributed by atoms with Gasteiger partial charge in [-0.2, -0.15) is 0 Å². The van der Waals surface area contributed by atoms with Crippen molar-refractivity contribution in [3.63, 3.8) is 0 Å². The van der Waals surface area contributed by atoms with E-state index in [-0.39, 0.29) is 16.1 Å². The van der Waals surface area contributed by atoms with Crippen LogP contribution in [0, 0.1) is 0 Å². The molecule has 1 saturated carbocycles. The van der Waals surface area contributed by atoms with Crippen molar-refractivity contribution in [1.82, 2.24) is 29.8 Å². The fourth-order valence-corrected chi connectivity index (χ4v) is 6.25. The van der Waals surface area contributed by atoms with Crippen molar-refractivity contribution in [2.45, 2.75) is 42.7 Å². The summed E-state index contributed by atoms with van der Waals surface area (Å²) in [7, 11) is -2.20. The second-order valence-corrected chi connectivity index (χ2v) is 11.5. The monoisotopic (exact) mass is 513 g/mol. The fraction of sp³-hybridized carbons (Fsp3) is 0.550. The van der Waals surface area contributed by atoms with E-state index in [1.807, 2.05) is 6.92 Å². The maximum absolute atomic E-state index is 13.3. The number of halogens is 2. The maximum atomic E-state index is 13.3. The van der Waals surface area contributed by atoms with Gasteiger partial charge in [-0.1, -0.05) is 11.3 Å². The molecule has 10 nitrogen and oxygen atoms in total. The number of hydrogen-bond donors (Lipinski definition) is 2. The molecule has 1 aromatic carbocycles. The van der Waals surface area contributed by atoms with E-state index in [1.165, 1.54) is 17.0 Å². The highest BCUT2D eigenvalue weighted by atomic mass is 32.2. The minimum atomic E-state index is -3.83. The van der Waals surface area contributed by atoms with Crippen molar-refractivity contribution < 1.29 is 21.9 Å². The number of anilines is 1. The molecule has 14 heteroatoms. The normalized spacial score (nSPS) is 20.4. The van der Waals surface area contributed by atoms with Crippen LogP contribution in [0.3, 0.4) is 0 Å². The molecular formula is C20H25F2N7O3S2. The zero-order valence-electron chi connectivity index (χ0n) is 18.7. The molecule has 0 unspecified atom stereocenters. The van der Waals surface area contributed by atoms with E-state index in [9.17, 15) is 17.2 Å². The van der Waals surface area contributed by atoms with Crippen molar-refractivity contribution in [2.24, 2.45) is 0 Å². The molecule has 0 bridgehead atoms. The molecule has 1 aliphatic heterocycles. The number of hydrogen-bond acceptors (Lipinski definition) is 9. The number of sulfonamides is 1. The molecule has 2 aliphatic rings. The van der Waals surface area contributed by atoms with Crippen LogP contribution in [0.25, 0.3) is 16.2 Å². The minimum Gasteiger partial charge on any atom is -0.383 e. The number of imidazole rings is 1. The van der Waals surface area contributed by atoms with Crippen LogP contribution in [0.5, 0.6) is 0 Å². The van der Waals surface area contributed by atoms with Gasteiger partial charge in [0.25, 0.3) is 6.43 Å². The smallest absolute Gasteiger partial charge is 0.291 e. The molecule has 184 valence electrons. The second kappa shape index (κ2) is 8.75. The summed E-state index contributed by atoms with van der Waals surface area (Å²) in [5, 5.41) is 10.6. The first-order valence-corrected chi connectivity index (χ1v) is 13.1. The van der Waals surface area contributed by atoms with Crippen LogP contribution in [0.4, 0.5) is 14.5 Å². The Balaban J connectivity index is 1.63. The molecule has 3 heterocycles. The van der Waals surface area contributed by atoms with Crippen LogP contribution in [0.2, 0.25) is 0 Å². The third-order valence-corrected chi connectivity index (χ3v) is 8.63. The van der Waals surface area contributed by atoms with Crippen LogP contribution >= 0.6 is 11.3 Å². The number of fused-ring (bicyclic) bond motifs is 1. The van der Waals surface area contributed by atoms with Crippen LogP contribution < -0.4 is 14.9 Å². The standard InChI is InChI=1S/C20H25F2N7O3S2/c1-20(3-4-20)27-34(30,31)13-7-14(28-6-5-23-12(9-28)10-32-2)16-15(8-13)29(11-24-16)19-26-25-18(33-19)17(21)22/h7-8,11-12,17,23,27H,3-6,9-10H2,1-2H3/t12-/m0/s1. The summed E-state index contributed by atoms with van der Waals surface area (Å²) in [6.07, 6.45) is 0.271. The minimum absolute atomic E-state index is 0.0661. The van der Waals surface area contributed by atoms with E-state index in [1.54, 1.807) is 13.2 Å². The Morgan fingerprint density at radius 2 is 2.15 bits per heavy atom. The summed E-state index contributed by atoms with van der Waals surface area (Å²) >= 11 is 0.741. The molecule has 1 aliphatic carbocycles. The van der Waals surface area contributed by atoms with Crippen molar-refractivity contribution in [2.75, 3.05) is 38.3 Å². The number of methoxy groups -OCH3 is 1. The third-order valence-electron chi connectivity index (χ3n) is 6.08. The van der Waals surface area contributed by atoms with Crippen molar-refractivity contribution >= 4 is 38.1 Å². The molecule has 5 rings (SSSR count). The van der Waals surface area contributed by atoms with E-state index < -0.39 is 27.0 Å². The Bertz CT molecular complexity index is 1300. The van der Waals surface area contributed by atoms with Gasteiger partial charge in [-0.25, -0.2) is 26.9 Å². The Kier molecular flexibility index (Phi) is 6.04. The zero-order chi connectivity index (χ0) is 24.1. The van der Waals surface area contributed by atoms with Gasteiger partial charge in [-0.05, 0) is 31.9 Å². The lowest BCUT2D eigenvalue weighted by Gasteiger charge is -2.35. The van der Waals surface area contributed by atoms with E-state index in [0.717, 1.165) is 24.2 Å². The lowest BCUT2D eigenvalue weighted by atomic mass is 10.1. The predicted molar refractivity (Wildman–Crippen MR) is 123 cm³/mol. The van der Waals surface area contributed by atoms with Gasteiger partial charge in [0.2, 0.25) is 15.2 Å². The number of alkyl halides is 2. The summed E-state index contributed by atoms with van der Waals surface area (Å²) in [4.78, 5) is 6.67. The first-order valence-electron chi connectivity index (χ1n) is 10.8. The molecule has 0 radical (unpaired) electrons. The van der Waals surface area contributed by atoms with Crippen molar-refractivity contribution in [1.29, 1.82) is 0 Å². The molecule has 2 fully saturated rings. The van der Waals surface area contributed by atoms with Crippen molar-refractivity contribution in [3.05, 3.63) is 23.5 Å². The van der Waals surface area contributed by atoms with Crippen LogP contribution in [0.1, 0.15) is 31.2 Å². The SMILES string of the molecule is COC[C@@H]1CN(c2cc(S(=O)(=O)NC3(C)CC3)cc3c2ncn3-c2nnc(C(F)F)s2)CCN1. The van der Waals surface area contributed by atoms with Crippen molar-refractivity contribution in [3.8, 4) is 5.13 Å². The average Bonchev–Trinajstić information content (AvgIpc) is 3.18. The highest BCUT2D eigenvalue weighted by molar-refractivity contribution is 7.89. The lowest BCUT2D eigenvalue weighted by molar-refractivity contribution is 0.150. The fourth-order valence-electron chi connectivity index (χ4n) is 4.06. The Morgan fingerprint density at radius 3 is 2.82 bits per heavy atom. The first-order chi connectivity index (χ1) is 16.2. The lowest BCUT2D eigenvalue weighted by Crippen LogP contribution is -2.52. The van der Waals surface area contributed by atoms with E-state index in [0.29, 0.717) is 43.0 Å². The molecule has 1 atom stereocenters. The number of nitrogens with one attached hydrogen (secondary N) is 2. The van der Waals surface area contributed by atoms with Gasteiger partial charge in [-0.3, -0.25) is 4.57 Å². The van der Waals surface area contributed by atoms with Gasteiger partial charge in [0.15, 0.2) is 5.01 Å². The van der Waals surface area contributed by atoms with Gasteiger partial charge >= 0.3 is 0 Å².